The van der Waals surface area contributed by atoms with Gasteiger partial charge in [-0.1, -0.05) is 171 Å². The fourth-order valence-electron chi connectivity index (χ4n) is 8.22. The van der Waals surface area contributed by atoms with E-state index in [1.807, 2.05) is 20.0 Å². The number of allylic oxidation sites excluding steroid dienone is 8. The molecule has 0 N–H and O–H groups in total. The van der Waals surface area contributed by atoms with Crippen LogP contribution in [-0.2, 0) is 5.41 Å². The third-order valence-electron chi connectivity index (χ3n) is 10.9. The molecule has 0 saturated heterocycles. The number of aromatic nitrogens is 2. The minimum atomic E-state index is -0.123. The van der Waals surface area contributed by atoms with Gasteiger partial charge in [-0.3, -0.25) is 4.57 Å². The fraction of sp³-hybridized carbons (Fsp3) is 0.275. The van der Waals surface area contributed by atoms with Crippen molar-refractivity contribution >= 4 is 39.9 Å². The molecule has 0 unspecified atom stereocenters. The van der Waals surface area contributed by atoms with Crippen molar-refractivity contribution in [3.05, 3.63) is 156 Å². The van der Waals surface area contributed by atoms with E-state index in [4.69, 9.17) is 11.6 Å². The van der Waals surface area contributed by atoms with E-state index in [2.05, 4.69) is 189 Å². The summed E-state index contributed by atoms with van der Waals surface area (Å²) in [5, 5.41) is 0. The van der Waals surface area contributed by atoms with Crippen LogP contribution in [-0.4, -0.2) is 16.3 Å². The Morgan fingerprint density at radius 3 is 1.93 bits per heavy atom. The average molecular weight is 724 g/mol. The first-order valence-electron chi connectivity index (χ1n) is 19.9. The first-order chi connectivity index (χ1) is 26.2. The van der Waals surface area contributed by atoms with Crippen LogP contribution in [0.1, 0.15) is 94.2 Å². The lowest BCUT2D eigenvalue weighted by Crippen LogP contribution is -2.56. The lowest BCUT2D eigenvalue weighted by molar-refractivity contribution is 0.519. The van der Waals surface area contributed by atoms with Crippen LogP contribution in [0, 0.1) is 5.41 Å². The standard InChI is InChI=1S/C49H52BN3.C2H6/c1-13-22-33(14-2)41-40(34-23-18-16-19-24-34)42(35-25-20-17-21-26-35)47-43-46(41)52(15-3)44(31(4)5)37(27-32(6)48(7,8)9)50(43)38-28-36(49(10,11)12)29-39-45(38)53(47)30-51-39;1-2/h13-30H,3,6H2,1-2,4-5,7-12H3;1-2H3/b22-13-,33-14+,37-27+;. The van der Waals surface area contributed by atoms with Gasteiger partial charge in [0.05, 0.1) is 22.4 Å². The molecule has 4 heteroatoms. The molecule has 0 spiro atoms. The molecular weight excluding hydrogens is 665 g/mol. The normalized spacial score (nSPS) is 14.7. The van der Waals surface area contributed by atoms with Gasteiger partial charge in [0.15, 0.2) is 0 Å². The molecule has 0 saturated carbocycles. The minimum absolute atomic E-state index is 0.0703. The smallest absolute Gasteiger partial charge is 0.252 e. The van der Waals surface area contributed by atoms with Crippen LogP contribution >= 0.6 is 0 Å². The number of anilines is 1. The van der Waals surface area contributed by atoms with Crippen molar-refractivity contribution in [2.45, 2.75) is 88.5 Å². The van der Waals surface area contributed by atoms with Gasteiger partial charge < -0.3 is 4.90 Å². The Morgan fingerprint density at radius 2 is 1.42 bits per heavy atom. The second kappa shape index (κ2) is 15.1. The molecule has 0 bridgehead atoms. The highest BCUT2D eigenvalue weighted by Crippen LogP contribution is 2.51. The first kappa shape index (κ1) is 39.4. The average Bonchev–Trinajstić information content (AvgIpc) is 3.60. The van der Waals surface area contributed by atoms with Crippen LogP contribution in [0.2, 0.25) is 0 Å². The van der Waals surface area contributed by atoms with Gasteiger partial charge in [-0.05, 0) is 83.3 Å². The maximum absolute atomic E-state index is 5.20. The summed E-state index contributed by atoms with van der Waals surface area (Å²) < 4.78 is 2.39. The SMILES string of the molecule is C=CN1C(=C(C)C)/C(=C\C(=C)C(C)(C)C)B2c3c1c(C(/C=C\C)=C/C)c(-c1ccccc1)c(-c1ccccc1)c3-n1cnc3cc(C(C)(C)C)cc2c31.CC. The third kappa shape index (κ3) is 6.60. The maximum atomic E-state index is 5.20. The summed E-state index contributed by atoms with van der Waals surface area (Å²) in [4.78, 5) is 7.58. The van der Waals surface area contributed by atoms with Crippen molar-refractivity contribution in [3.63, 3.8) is 0 Å². The Kier molecular flexibility index (Phi) is 10.8. The Morgan fingerprint density at radius 1 is 0.818 bits per heavy atom. The van der Waals surface area contributed by atoms with Gasteiger partial charge in [-0.2, -0.15) is 0 Å². The van der Waals surface area contributed by atoms with E-state index in [-0.39, 0.29) is 17.5 Å². The summed E-state index contributed by atoms with van der Waals surface area (Å²) >= 11 is 0. The zero-order valence-corrected chi connectivity index (χ0v) is 35.2. The zero-order valence-electron chi connectivity index (χ0n) is 35.2. The van der Waals surface area contributed by atoms with Crippen molar-refractivity contribution in [1.82, 2.24) is 9.55 Å². The summed E-state index contributed by atoms with van der Waals surface area (Å²) in [6.45, 7) is 35.5. The fourth-order valence-corrected chi connectivity index (χ4v) is 8.22. The van der Waals surface area contributed by atoms with Gasteiger partial charge in [-0.15, -0.1) is 0 Å². The monoisotopic (exact) mass is 723 g/mol. The summed E-state index contributed by atoms with van der Waals surface area (Å²) in [6.07, 6.45) is 13.1. The van der Waals surface area contributed by atoms with Crippen LogP contribution in [0.5, 0.6) is 0 Å². The van der Waals surface area contributed by atoms with Crippen LogP contribution in [0.4, 0.5) is 5.69 Å². The Labute approximate surface area is 331 Å². The second-order valence-electron chi connectivity index (χ2n) is 16.7. The van der Waals surface area contributed by atoms with Gasteiger partial charge in [0.2, 0.25) is 0 Å². The van der Waals surface area contributed by atoms with Gasteiger partial charge in [-0.25, -0.2) is 4.98 Å². The van der Waals surface area contributed by atoms with E-state index in [1.165, 1.54) is 61.2 Å². The van der Waals surface area contributed by atoms with Crippen molar-refractivity contribution in [2.75, 3.05) is 4.90 Å². The lowest BCUT2D eigenvalue weighted by atomic mass is 9.32. The van der Waals surface area contributed by atoms with Crippen molar-refractivity contribution < 1.29 is 0 Å². The van der Waals surface area contributed by atoms with Crippen molar-refractivity contribution in [3.8, 4) is 27.9 Å². The molecule has 0 amide bonds. The van der Waals surface area contributed by atoms with Gasteiger partial charge >= 0.3 is 0 Å². The molecule has 3 heterocycles. The topological polar surface area (TPSA) is 21.1 Å². The highest BCUT2D eigenvalue weighted by atomic mass is 15.2. The predicted molar refractivity (Wildman–Crippen MR) is 243 cm³/mol. The quantitative estimate of drug-likeness (QED) is 0.128. The summed E-state index contributed by atoms with van der Waals surface area (Å²) in [7, 11) is 0. The van der Waals surface area contributed by atoms with Crippen molar-refractivity contribution in [2.24, 2.45) is 5.41 Å². The van der Waals surface area contributed by atoms with Crippen LogP contribution < -0.4 is 15.8 Å². The Hall–Kier alpha value is -5.35. The Balaban J connectivity index is 0.00000253. The number of rotatable bonds is 6. The molecular formula is C51H58BN3. The molecule has 280 valence electrons. The molecule has 2 aliphatic rings. The summed E-state index contributed by atoms with van der Waals surface area (Å²) in [5.41, 5.74) is 19.9. The highest BCUT2D eigenvalue weighted by Gasteiger charge is 2.47. The van der Waals surface area contributed by atoms with Crippen LogP contribution in [0.3, 0.4) is 0 Å². The van der Waals surface area contributed by atoms with E-state index in [0.717, 1.165) is 33.4 Å². The molecule has 0 radical (unpaired) electrons. The molecule has 7 rings (SSSR count). The Bertz CT molecular complexity index is 2420. The largest absolute Gasteiger partial charge is 0.318 e. The van der Waals surface area contributed by atoms with E-state index in [1.54, 1.807) is 0 Å². The van der Waals surface area contributed by atoms with Gasteiger partial charge in [0.25, 0.3) is 6.71 Å². The maximum Gasteiger partial charge on any atom is 0.252 e. The number of hydrogen-bond donors (Lipinski definition) is 0. The van der Waals surface area contributed by atoms with Crippen molar-refractivity contribution in [1.29, 1.82) is 0 Å². The molecule has 0 aliphatic carbocycles. The molecule has 5 aromatic rings. The van der Waals surface area contributed by atoms with Crippen LogP contribution in [0.25, 0.3) is 44.5 Å². The number of fused-ring (bicyclic) bond motifs is 2. The lowest BCUT2D eigenvalue weighted by Gasteiger charge is -2.44. The number of benzene rings is 4. The minimum Gasteiger partial charge on any atom is -0.318 e. The molecule has 1 aromatic heterocycles. The summed E-state index contributed by atoms with van der Waals surface area (Å²) in [6, 6.07) is 26.6. The van der Waals surface area contributed by atoms with Gasteiger partial charge in [0, 0.05) is 28.6 Å². The van der Waals surface area contributed by atoms with E-state index >= 15 is 0 Å². The molecule has 2 aliphatic heterocycles. The third-order valence-corrected chi connectivity index (χ3v) is 10.9. The van der Waals surface area contributed by atoms with E-state index in [0.29, 0.717) is 0 Å². The molecule has 0 fully saturated rings. The molecule has 4 aromatic carbocycles. The number of nitrogens with zero attached hydrogens (tertiary/aromatic N) is 3. The molecule has 3 nitrogen and oxygen atoms in total. The molecule has 55 heavy (non-hydrogen) atoms. The van der Waals surface area contributed by atoms with E-state index in [9.17, 15) is 0 Å². The highest BCUT2D eigenvalue weighted by molar-refractivity contribution is 6.96. The van der Waals surface area contributed by atoms with E-state index < -0.39 is 0 Å². The number of hydrogen-bond acceptors (Lipinski definition) is 2. The first-order valence-corrected chi connectivity index (χ1v) is 19.9. The number of imidazole rings is 1. The summed E-state index contributed by atoms with van der Waals surface area (Å²) in [5.74, 6) is 0. The van der Waals surface area contributed by atoms with Gasteiger partial charge in [0.1, 0.15) is 6.33 Å². The van der Waals surface area contributed by atoms with Crippen LogP contribution in [0.15, 0.2) is 145 Å². The predicted octanol–water partition coefficient (Wildman–Crippen LogP) is 12.9. The zero-order chi connectivity index (χ0) is 40.0. The second-order valence-corrected chi connectivity index (χ2v) is 16.7. The molecule has 0 atom stereocenters.